The number of carboxylic acid groups (broad SMARTS) is 1. The summed E-state index contributed by atoms with van der Waals surface area (Å²) >= 11 is 0. The van der Waals surface area contributed by atoms with Gasteiger partial charge >= 0.3 is 5.97 Å². The summed E-state index contributed by atoms with van der Waals surface area (Å²) in [6.45, 7) is 0. The van der Waals surface area contributed by atoms with Crippen LogP contribution in [0.15, 0.2) is 24.3 Å². The molecule has 3 rings (SSSR count). The maximum absolute atomic E-state index is 10.8. The molecule has 6 nitrogen and oxygen atoms in total. The van der Waals surface area contributed by atoms with E-state index >= 15 is 0 Å². The number of aromatic carboxylic acids is 1. The number of carbonyl (C=O) groups is 1. The maximum Gasteiger partial charge on any atom is 0.335 e. The Labute approximate surface area is 97.1 Å². The van der Waals surface area contributed by atoms with Crippen molar-refractivity contribution < 1.29 is 24.6 Å². The number of hydrogen-bond acceptors (Lipinski definition) is 5. The molecule has 1 N–H and O–H groups in total. The van der Waals surface area contributed by atoms with Gasteiger partial charge in [-0.1, -0.05) is 16.3 Å². The Bertz CT molecular complexity index is 445. The van der Waals surface area contributed by atoms with E-state index in [0.717, 1.165) is 18.1 Å². The van der Waals surface area contributed by atoms with Gasteiger partial charge in [-0.25, -0.2) is 9.63 Å². The molecule has 1 saturated heterocycles. The summed E-state index contributed by atoms with van der Waals surface area (Å²) < 4.78 is 0. The summed E-state index contributed by atoms with van der Waals surface area (Å²) in [7, 11) is 0. The molecular weight excluding hydrogens is 226 g/mol. The predicted molar refractivity (Wildman–Crippen MR) is 55.6 cm³/mol. The summed E-state index contributed by atoms with van der Waals surface area (Å²) in [6, 6.07) is 6.27. The van der Waals surface area contributed by atoms with E-state index in [1.165, 1.54) is 12.1 Å². The van der Waals surface area contributed by atoms with Crippen LogP contribution in [0.2, 0.25) is 0 Å². The molecule has 0 spiro atoms. The second-order valence-electron chi connectivity index (χ2n) is 4.09. The third kappa shape index (κ3) is 2.10. The van der Waals surface area contributed by atoms with Gasteiger partial charge in [0, 0.05) is 5.92 Å². The first-order valence-corrected chi connectivity index (χ1v) is 5.38. The number of benzene rings is 1. The molecule has 1 unspecified atom stereocenters. The summed E-state index contributed by atoms with van der Waals surface area (Å²) in [4.78, 5) is 26.1. The van der Waals surface area contributed by atoms with E-state index in [4.69, 9.17) is 19.8 Å². The third-order valence-electron chi connectivity index (χ3n) is 2.72. The van der Waals surface area contributed by atoms with Crippen LogP contribution < -0.4 is 5.23 Å². The molecule has 1 aliphatic heterocycles. The van der Waals surface area contributed by atoms with Crippen molar-refractivity contribution in [3.63, 3.8) is 0 Å². The minimum absolute atomic E-state index is 0.171. The van der Waals surface area contributed by atoms with Crippen molar-refractivity contribution in [2.75, 3.05) is 5.23 Å². The molecule has 1 aromatic rings. The number of anilines is 1. The molecular formula is C11H11NO5. The first-order valence-electron chi connectivity index (χ1n) is 5.38. The standard InChI is InChI=1S/C11H11NO5/c13-10(14)8-2-1-3-9(6-8)12-15-11(16-17-12)7-4-5-7/h1-3,6-7,11H,4-5H2,(H,13,14). The van der Waals surface area contributed by atoms with Crippen molar-refractivity contribution in [2.45, 2.75) is 19.1 Å². The molecule has 2 aliphatic rings. The zero-order valence-corrected chi connectivity index (χ0v) is 8.91. The molecule has 0 bridgehead atoms. The molecule has 0 radical (unpaired) electrons. The lowest BCUT2D eigenvalue weighted by atomic mass is 10.2. The van der Waals surface area contributed by atoms with Crippen molar-refractivity contribution in [1.29, 1.82) is 0 Å². The van der Waals surface area contributed by atoms with Gasteiger partial charge in [-0.05, 0) is 31.0 Å². The summed E-state index contributed by atoms with van der Waals surface area (Å²) in [5.41, 5.74) is 0.664. The predicted octanol–water partition coefficient (Wildman–Crippen LogP) is 1.74. The normalized spacial score (nSPS) is 24.0. The Morgan fingerprint density at radius 3 is 2.94 bits per heavy atom. The number of rotatable bonds is 3. The van der Waals surface area contributed by atoms with E-state index in [9.17, 15) is 4.79 Å². The first kappa shape index (κ1) is 10.5. The highest BCUT2D eigenvalue weighted by molar-refractivity contribution is 5.88. The van der Waals surface area contributed by atoms with Crippen LogP contribution in [-0.2, 0) is 14.7 Å². The zero-order chi connectivity index (χ0) is 11.8. The molecule has 17 heavy (non-hydrogen) atoms. The molecule has 2 fully saturated rings. The highest BCUT2D eigenvalue weighted by atomic mass is 17.4. The van der Waals surface area contributed by atoms with Gasteiger partial charge in [-0.2, -0.15) is 4.89 Å². The fourth-order valence-electron chi connectivity index (χ4n) is 1.60. The van der Waals surface area contributed by atoms with Gasteiger partial charge in [0.25, 0.3) is 0 Å². The van der Waals surface area contributed by atoms with Gasteiger partial charge in [0.15, 0.2) is 0 Å². The SMILES string of the molecule is O=C(O)c1cccc(N2OOC(C3CC3)O2)c1. The molecule has 0 aromatic heterocycles. The molecule has 1 atom stereocenters. The fourth-order valence-corrected chi connectivity index (χ4v) is 1.60. The third-order valence-corrected chi connectivity index (χ3v) is 2.72. The minimum Gasteiger partial charge on any atom is -0.478 e. The molecule has 1 aromatic carbocycles. The lowest BCUT2D eigenvalue weighted by Crippen LogP contribution is -2.18. The Morgan fingerprint density at radius 2 is 2.24 bits per heavy atom. The van der Waals surface area contributed by atoms with Crippen molar-refractivity contribution >= 4 is 11.7 Å². The van der Waals surface area contributed by atoms with Crippen molar-refractivity contribution in [3.05, 3.63) is 29.8 Å². The Kier molecular flexibility index (Phi) is 2.47. The van der Waals surface area contributed by atoms with Crippen LogP contribution in [0.25, 0.3) is 0 Å². The first-order chi connectivity index (χ1) is 8.24. The Morgan fingerprint density at radius 1 is 1.41 bits per heavy atom. The van der Waals surface area contributed by atoms with Gasteiger partial charge in [-0.3, -0.25) is 0 Å². The van der Waals surface area contributed by atoms with Gasteiger partial charge in [0.2, 0.25) is 6.29 Å². The monoisotopic (exact) mass is 237 g/mol. The van der Waals surface area contributed by atoms with Gasteiger partial charge in [0.05, 0.1) is 11.3 Å². The van der Waals surface area contributed by atoms with Crippen molar-refractivity contribution in [2.24, 2.45) is 5.92 Å². The molecule has 1 heterocycles. The van der Waals surface area contributed by atoms with Crippen LogP contribution in [-0.4, -0.2) is 17.4 Å². The van der Waals surface area contributed by atoms with Crippen LogP contribution in [0.3, 0.4) is 0 Å². The summed E-state index contributed by atoms with van der Waals surface area (Å²) in [6.07, 6.45) is 1.75. The van der Waals surface area contributed by atoms with Crippen LogP contribution in [0.5, 0.6) is 0 Å². The summed E-state index contributed by atoms with van der Waals surface area (Å²) in [5.74, 6) is -0.617. The van der Waals surface area contributed by atoms with E-state index in [0.29, 0.717) is 11.6 Å². The van der Waals surface area contributed by atoms with Crippen LogP contribution >= 0.6 is 0 Å². The van der Waals surface area contributed by atoms with Crippen LogP contribution in [0, 0.1) is 5.92 Å². The second-order valence-corrected chi connectivity index (χ2v) is 4.09. The maximum atomic E-state index is 10.8. The van der Waals surface area contributed by atoms with E-state index < -0.39 is 5.97 Å². The zero-order valence-electron chi connectivity index (χ0n) is 8.91. The molecule has 1 saturated carbocycles. The topological polar surface area (TPSA) is 68.2 Å². The average Bonchev–Trinajstić information content (AvgIpc) is 3.07. The van der Waals surface area contributed by atoms with Crippen molar-refractivity contribution in [3.8, 4) is 0 Å². The highest BCUT2D eigenvalue weighted by Crippen LogP contribution is 2.38. The average molecular weight is 237 g/mol. The lowest BCUT2D eigenvalue weighted by molar-refractivity contribution is -0.287. The van der Waals surface area contributed by atoms with Crippen molar-refractivity contribution in [1.82, 2.24) is 0 Å². The van der Waals surface area contributed by atoms with Gasteiger partial charge < -0.3 is 5.11 Å². The second kappa shape index (κ2) is 3.99. The fraction of sp³-hybridized carbons (Fsp3) is 0.364. The van der Waals surface area contributed by atoms with E-state index in [1.807, 2.05) is 0 Å². The summed E-state index contributed by atoms with van der Waals surface area (Å²) in [5, 5.41) is 9.98. The van der Waals surface area contributed by atoms with Crippen LogP contribution in [0.4, 0.5) is 5.69 Å². The minimum atomic E-state index is -0.995. The van der Waals surface area contributed by atoms with Crippen LogP contribution in [0.1, 0.15) is 23.2 Å². The van der Waals surface area contributed by atoms with E-state index in [1.54, 1.807) is 12.1 Å². The van der Waals surface area contributed by atoms with Gasteiger partial charge in [-0.15, -0.1) is 0 Å². The molecule has 90 valence electrons. The van der Waals surface area contributed by atoms with E-state index in [-0.39, 0.29) is 11.9 Å². The van der Waals surface area contributed by atoms with Gasteiger partial charge in [0.1, 0.15) is 0 Å². The lowest BCUT2D eigenvalue weighted by Gasteiger charge is -2.11. The van der Waals surface area contributed by atoms with E-state index in [2.05, 4.69) is 0 Å². The molecule has 1 aliphatic carbocycles. The number of hydrogen-bond donors (Lipinski definition) is 1. The largest absolute Gasteiger partial charge is 0.478 e. The molecule has 0 amide bonds. The Hall–Kier alpha value is -1.63. The molecule has 6 heteroatoms. The number of nitrogens with zero attached hydrogens (tertiary/aromatic N) is 1. The quantitative estimate of drug-likeness (QED) is 0.807. The Balaban J connectivity index is 1.75. The highest BCUT2D eigenvalue weighted by Gasteiger charge is 2.40. The smallest absolute Gasteiger partial charge is 0.335 e. The number of carboxylic acids is 1.